The fraction of sp³-hybridized carbons (Fsp3) is 0.333. The summed E-state index contributed by atoms with van der Waals surface area (Å²) in [5.74, 6) is -0.590. The highest BCUT2D eigenvalue weighted by atomic mass is 16.4. The number of amides is 1. The molecule has 1 aliphatic rings. The van der Waals surface area contributed by atoms with Gasteiger partial charge in [0.1, 0.15) is 12.1 Å². The van der Waals surface area contributed by atoms with Crippen molar-refractivity contribution >= 4 is 17.7 Å². The van der Waals surface area contributed by atoms with E-state index in [2.05, 4.69) is 15.3 Å². The van der Waals surface area contributed by atoms with Crippen LogP contribution in [0.15, 0.2) is 35.4 Å². The van der Waals surface area contributed by atoms with Crippen molar-refractivity contribution in [3.63, 3.8) is 0 Å². The zero-order valence-electron chi connectivity index (χ0n) is 12.3. The number of hydrogen-bond donors (Lipinski definition) is 2. The van der Waals surface area contributed by atoms with Gasteiger partial charge in [0.25, 0.3) is 5.91 Å². The minimum Gasteiger partial charge on any atom is -0.476 e. The van der Waals surface area contributed by atoms with E-state index in [9.17, 15) is 9.59 Å². The quantitative estimate of drug-likeness (QED) is 0.879. The van der Waals surface area contributed by atoms with Crippen LogP contribution in [0.1, 0.15) is 33.7 Å². The van der Waals surface area contributed by atoms with Crippen LogP contribution in [0.5, 0.6) is 0 Å². The molecule has 23 heavy (non-hydrogen) atoms. The molecule has 0 aliphatic carbocycles. The number of anilines is 1. The Labute approximate surface area is 132 Å². The van der Waals surface area contributed by atoms with E-state index in [-0.39, 0.29) is 17.6 Å². The predicted octanol–water partition coefficient (Wildman–Crippen LogP) is 1.48. The minimum atomic E-state index is -1.10. The minimum absolute atomic E-state index is 0.0252. The number of carbonyl (C=O) groups excluding carboxylic acids is 1. The topological polar surface area (TPSA) is 109 Å². The number of carboxylic acids is 1. The summed E-state index contributed by atoms with van der Waals surface area (Å²) < 4.78 is 4.94. The fourth-order valence-corrected chi connectivity index (χ4v) is 2.52. The molecular weight excluding hydrogens is 300 g/mol. The van der Waals surface area contributed by atoms with Crippen LogP contribution >= 0.6 is 0 Å². The second-order valence-corrected chi connectivity index (χ2v) is 5.31. The third-order valence-electron chi connectivity index (χ3n) is 3.77. The number of nitrogens with one attached hydrogen (secondary N) is 1. The molecule has 3 heterocycles. The molecule has 0 aromatic carbocycles. The van der Waals surface area contributed by atoms with Gasteiger partial charge in [-0.2, -0.15) is 0 Å². The first-order chi connectivity index (χ1) is 11.1. The Balaban J connectivity index is 1.53. The molecule has 2 aromatic rings. The molecule has 8 nitrogen and oxygen atoms in total. The maximum absolute atomic E-state index is 12.2. The van der Waals surface area contributed by atoms with Crippen LogP contribution in [0.3, 0.4) is 0 Å². The van der Waals surface area contributed by atoms with E-state index in [0.717, 1.165) is 12.8 Å². The number of hydrogen-bond acceptors (Lipinski definition) is 6. The van der Waals surface area contributed by atoms with Gasteiger partial charge in [-0.25, -0.2) is 14.8 Å². The number of likely N-dealkylation sites (tertiary alicyclic amines) is 1. The average Bonchev–Trinajstić information content (AvgIpc) is 3.10. The highest BCUT2D eigenvalue weighted by Crippen LogP contribution is 2.17. The summed E-state index contributed by atoms with van der Waals surface area (Å²) in [6.07, 6.45) is 7.14. The molecule has 1 fully saturated rings. The first-order valence-electron chi connectivity index (χ1n) is 7.27. The van der Waals surface area contributed by atoms with E-state index in [1.54, 1.807) is 11.0 Å². The summed E-state index contributed by atoms with van der Waals surface area (Å²) in [6.45, 7) is 1.28. The van der Waals surface area contributed by atoms with Crippen LogP contribution in [0.4, 0.5) is 5.82 Å². The Kier molecular flexibility index (Phi) is 4.22. The molecule has 0 unspecified atom stereocenters. The molecule has 0 spiro atoms. The van der Waals surface area contributed by atoms with Crippen LogP contribution in [0.2, 0.25) is 0 Å². The zero-order chi connectivity index (χ0) is 16.2. The van der Waals surface area contributed by atoms with Crippen molar-refractivity contribution < 1.29 is 19.1 Å². The molecule has 2 aromatic heterocycles. The molecule has 0 atom stereocenters. The third kappa shape index (κ3) is 3.47. The lowest BCUT2D eigenvalue weighted by Gasteiger charge is -2.32. The van der Waals surface area contributed by atoms with Gasteiger partial charge in [0, 0.05) is 19.1 Å². The summed E-state index contributed by atoms with van der Waals surface area (Å²) in [6, 6.07) is 1.83. The van der Waals surface area contributed by atoms with Gasteiger partial charge in [0.2, 0.25) is 0 Å². The lowest BCUT2D eigenvalue weighted by molar-refractivity contribution is 0.0687. The highest BCUT2D eigenvalue weighted by Gasteiger charge is 2.24. The lowest BCUT2D eigenvalue weighted by atomic mass is 10.0. The normalized spacial score (nSPS) is 15.4. The van der Waals surface area contributed by atoms with Gasteiger partial charge < -0.3 is 19.7 Å². The van der Waals surface area contributed by atoms with Crippen molar-refractivity contribution in [1.82, 2.24) is 14.9 Å². The van der Waals surface area contributed by atoms with Crippen molar-refractivity contribution in [3.8, 4) is 0 Å². The monoisotopic (exact) mass is 316 g/mol. The van der Waals surface area contributed by atoms with Gasteiger partial charge >= 0.3 is 5.97 Å². The number of piperidine rings is 1. The molecule has 120 valence electrons. The Morgan fingerprint density at radius 2 is 2.04 bits per heavy atom. The molecule has 1 saturated heterocycles. The number of furan rings is 1. The number of carboxylic acid groups (broad SMARTS) is 1. The molecule has 1 aliphatic heterocycles. The first kappa shape index (κ1) is 15.0. The highest BCUT2D eigenvalue weighted by molar-refractivity contribution is 5.93. The standard InChI is InChI=1S/C15H16N4O4/c20-14(10-3-6-23-9-10)19-4-1-11(2-5-19)18-13-8-16-12(7-17-13)15(21)22/h3,6-9,11H,1-2,4-5H2,(H,17,18)(H,21,22). The Morgan fingerprint density at radius 1 is 1.26 bits per heavy atom. The van der Waals surface area contributed by atoms with Crippen LogP contribution < -0.4 is 5.32 Å². The molecule has 2 N–H and O–H groups in total. The van der Waals surface area contributed by atoms with Crippen LogP contribution in [-0.2, 0) is 0 Å². The van der Waals surface area contributed by atoms with Crippen molar-refractivity contribution in [2.75, 3.05) is 18.4 Å². The van der Waals surface area contributed by atoms with Gasteiger partial charge in [-0.3, -0.25) is 4.79 Å². The maximum Gasteiger partial charge on any atom is 0.356 e. The van der Waals surface area contributed by atoms with E-state index in [0.29, 0.717) is 24.5 Å². The fourth-order valence-electron chi connectivity index (χ4n) is 2.52. The molecule has 0 bridgehead atoms. The smallest absolute Gasteiger partial charge is 0.356 e. The van der Waals surface area contributed by atoms with Crippen LogP contribution in [0, 0.1) is 0 Å². The summed E-state index contributed by atoms with van der Waals surface area (Å²) in [4.78, 5) is 32.6. The third-order valence-corrected chi connectivity index (χ3v) is 3.77. The molecule has 0 radical (unpaired) electrons. The van der Waals surface area contributed by atoms with E-state index in [4.69, 9.17) is 9.52 Å². The van der Waals surface area contributed by atoms with Gasteiger partial charge in [0.05, 0.1) is 24.2 Å². The summed E-state index contributed by atoms with van der Waals surface area (Å²) in [5, 5.41) is 12.0. The van der Waals surface area contributed by atoms with E-state index in [1.807, 2.05) is 0 Å². The largest absolute Gasteiger partial charge is 0.476 e. The summed E-state index contributed by atoms with van der Waals surface area (Å²) >= 11 is 0. The first-order valence-corrected chi connectivity index (χ1v) is 7.27. The van der Waals surface area contributed by atoms with Gasteiger partial charge in [0.15, 0.2) is 5.69 Å². The Morgan fingerprint density at radius 3 is 2.61 bits per heavy atom. The lowest BCUT2D eigenvalue weighted by Crippen LogP contribution is -2.42. The number of carbonyl (C=O) groups is 2. The van der Waals surface area contributed by atoms with E-state index in [1.165, 1.54) is 24.9 Å². The molecule has 8 heteroatoms. The van der Waals surface area contributed by atoms with Crippen molar-refractivity contribution in [3.05, 3.63) is 42.2 Å². The number of aromatic nitrogens is 2. The predicted molar refractivity (Wildman–Crippen MR) is 80.2 cm³/mol. The molecule has 0 saturated carbocycles. The van der Waals surface area contributed by atoms with Gasteiger partial charge in [-0.1, -0.05) is 0 Å². The second kappa shape index (κ2) is 6.47. The molecule has 1 amide bonds. The number of aromatic carboxylic acids is 1. The van der Waals surface area contributed by atoms with Crippen molar-refractivity contribution in [2.45, 2.75) is 18.9 Å². The van der Waals surface area contributed by atoms with Crippen molar-refractivity contribution in [2.24, 2.45) is 0 Å². The van der Waals surface area contributed by atoms with Crippen LogP contribution in [-0.4, -0.2) is 51.0 Å². The van der Waals surface area contributed by atoms with Crippen molar-refractivity contribution in [1.29, 1.82) is 0 Å². The Bertz CT molecular complexity index is 676. The SMILES string of the molecule is O=C(O)c1cnc(NC2CCN(C(=O)c3ccoc3)CC2)cn1. The van der Waals surface area contributed by atoms with E-state index >= 15 is 0 Å². The maximum atomic E-state index is 12.2. The summed E-state index contributed by atoms with van der Waals surface area (Å²) in [7, 11) is 0. The summed E-state index contributed by atoms with van der Waals surface area (Å²) in [5.41, 5.74) is 0.475. The average molecular weight is 316 g/mol. The Hall–Kier alpha value is -2.90. The number of nitrogens with zero attached hydrogens (tertiary/aromatic N) is 3. The number of rotatable bonds is 4. The van der Waals surface area contributed by atoms with Gasteiger partial charge in [-0.15, -0.1) is 0 Å². The molecular formula is C15H16N4O4. The van der Waals surface area contributed by atoms with E-state index < -0.39 is 5.97 Å². The zero-order valence-corrected chi connectivity index (χ0v) is 12.3. The van der Waals surface area contributed by atoms with Gasteiger partial charge in [-0.05, 0) is 18.9 Å². The molecule has 3 rings (SSSR count). The van der Waals surface area contributed by atoms with Crippen LogP contribution in [0.25, 0.3) is 0 Å². The second-order valence-electron chi connectivity index (χ2n) is 5.31.